The Balaban J connectivity index is 1.50. The summed E-state index contributed by atoms with van der Waals surface area (Å²) in [6.45, 7) is -0.630. The molecule has 4 N–H and O–H groups in total. The number of piperidine rings is 1. The van der Waals surface area contributed by atoms with Crippen LogP contribution in [0, 0.1) is 5.82 Å². The Hall–Kier alpha value is -4.98. The summed E-state index contributed by atoms with van der Waals surface area (Å²) in [7, 11) is 0. The average molecular weight is 614 g/mol. The van der Waals surface area contributed by atoms with E-state index in [1.807, 2.05) is 4.90 Å². The number of alkyl halides is 3. The Labute approximate surface area is 247 Å². The van der Waals surface area contributed by atoms with Gasteiger partial charge in [0.25, 0.3) is 11.8 Å². The van der Waals surface area contributed by atoms with Crippen LogP contribution < -0.4 is 15.5 Å². The number of para-hydroxylation sites is 1. The summed E-state index contributed by atoms with van der Waals surface area (Å²) in [5.41, 5.74) is 0.610. The largest absolute Gasteiger partial charge is 0.481 e. The first kappa shape index (κ1) is 30.5. The fraction of sp³-hybridized carbons (Fsp3) is 0.267. The molecule has 0 radical (unpaired) electrons. The molecule has 5 rings (SSSR count). The van der Waals surface area contributed by atoms with Gasteiger partial charge in [-0.05, 0) is 60.9 Å². The van der Waals surface area contributed by atoms with Crippen molar-refractivity contribution in [1.82, 2.24) is 9.78 Å². The number of β-amino-alcohol motifs (C(OH)–C–C–N with tert-alkyl or cyclic N) is 1. The topological polar surface area (TPSA) is 137 Å². The van der Waals surface area contributed by atoms with E-state index in [1.54, 1.807) is 12.1 Å². The lowest BCUT2D eigenvalue weighted by atomic mass is 10.0. The van der Waals surface area contributed by atoms with Crippen LogP contribution in [0.25, 0.3) is 10.9 Å². The van der Waals surface area contributed by atoms with Crippen LogP contribution in [0.15, 0.2) is 60.7 Å². The maximum atomic E-state index is 13.8. The SMILES string of the molecule is O=C(O)Cc1cc(F)ccc1NC(=O)c1ccc(N2CCCC(O)C2)c(NC(=O)c2nn(CC(F)(F)F)c3ccccc23)c1. The Morgan fingerprint density at radius 3 is 2.45 bits per heavy atom. The number of carbonyl (C=O) groups excluding carboxylic acids is 2. The van der Waals surface area contributed by atoms with Crippen LogP contribution in [0.3, 0.4) is 0 Å². The van der Waals surface area contributed by atoms with Crippen LogP contribution in [-0.4, -0.2) is 63.1 Å². The molecule has 10 nitrogen and oxygen atoms in total. The van der Waals surface area contributed by atoms with Crippen molar-refractivity contribution in [2.24, 2.45) is 0 Å². The number of amides is 2. The van der Waals surface area contributed by atoms with Crippen LogP contribution in [0.2, 0.25) is 0 Å². The number of aliphatic hydroxyl groups is 1. The Morgan fingerprint density at radius 2 is 1.73 bits per heavy atom. The standard InChI is InChI=1S/C30H27F4N5O5/c31-19-8-9-22(18(12-19)14-26(41)42)35-28(43)17-7-10-25(38-11-3-4-20(40)15-38)23(13-17)36-29(44)27-21-5-1-2-6-24(21)39(37-27)16-30(32,33)34/h1-2,5-10,12-13,20,40H,3-4,11,14-16H2,(H,35,43)(H,36,44)(H,41,42). The summed E-state index contributed by atoms with van der Waals surface area (Å²) in [6.07, 6.45) is -4.53. The van der Waals surface area contributed by atoms with E-state index in [2.05, 4.69) is 15.7 Å². The lowest BCUT2D eigenvalue weighted by Gasteiger charge is -2.33. The van der Waals surface area contributed by atoms with E-state index in [0.717, 1.165) is 12.1 Å². The molecule has 1 atom stereocenters. The minimum absolute atomic E-state index is 0.0413. The zero-order chi connectivity index (χ0) is 31.6. The molecule has 44 heavy (non-hydrogen) atoms. The second kappa shape index (κ2) is 12.3. The van der Waals surface area contributed by atoms with Crippen LogP contribution >= 0.6 is 0 Å². The van der Waals surface area contributed by atoms with Crippen LogP contribution in [0.5, 0.6) is 0 Å². The minimum Gasteiger partial charge on any atom is -0.481 e. The monoisotopic (exact) mass is 613 g/mol. The second-order valence-corrected chi connectivity index (χ2v) is 10.4. The normalized spacial score (nSPS) is 15.3. The first-order valence-corrected chi connectivity index (χ1v) is 13.6. The number of hydrogen-bond donors (Lipinski definition) is 4. The molecular weight excluding hydrogens is 586 g/mol. The van der Waals surface area contributed by atoms with Crippen molar-refractivity contribution in [1.29, 1.82) is 0 Å². The third-order valence-corrected chi connectivity index (χ3v) is 7.10. The number of benzene rings is 3. The molecule has 14 heteroatoms. The number of carboxylic acid groups (broad SMARTS) is 1. The highest BCUT2D eigenvalue weighted by molar-refractivity contribution is 6.13. The first-order valence-electron chi connectivity index (χ1n) is 13.6. The summed E-state index contributed by atoms with van der Waals surface area (Å²) >= 11 is 0. The average Bonchev–Trinajstić information content (AvgIpc) is 3.31. The van der Waals surface area contributed by atoms with E-state index in [9.17, 15) is 42.2 Å². The fourth-order valence-electron chi connectivity index (χ4n) is 5.18. The number of carboxylic acids is 1. The third-order valence-electron chi connectivity index (χ3n) is 7.10. The maximum Gasteiger partial charge on any atom is 0.408 e. The van der Waals surface area contributed by atoms with Gasteiger partial charge < -0.3 is 25.7 Å². The van der Waals surface area contributed by atoms with Gasteiger partial charge in [-0.3, -0.25) is 19.1 Å². The van der Waals surface area contributed by atoms with Gasteiger partial charge in [-0.25, -0.2) is 4.39 Å². The van der Waals surface area contributed by atoms with Gasteiger partial charge in [0, 0.05) is 29.7 Å². The molecule has 230 valence electrons. The summed E-state index contributed by atoms with van der Waals surface area (Å²) in [5, 5.41) is 28.8. The van der Waals surface area contributed by atoms with Crippen molar-refractivity contribution in [3.8, 4) is 0 Å². The van der Waals surface area contributed by atoms with Crippen molar-refractivity contribution < 1.29 is 42.2 Å². The molecule has 1 aliphatic rings. The van der Waals surface area contributed by atoms with Crippen molar-refractivity contribution in [3.63, 3.8) is 0 Å². The number of carbonyl (C=O) groups is 3. The summed E-state index contributed by atoms with van der Waals surface area (Å²) in [5.74, 6) is -3.42. The zero-order valence-corrected chi connectivity index (χ0v) is 23.1. The third kappa shape index (κ3) is 6.97. The Bertz CT molecular complexity index is 1740. The van der Waals surface area contributed by atoms with Crippen molar-refractivity contribution in [3.05, 3.63) is 83.3 Å². The van der Waals surface area contributed by atoms with Gasteiger partial charge in [0.1, 0.15) is 12.4 Å². The number of aliphatic carboxylic acids is 1. The molecule has 3 aromatic carbocycles. The van der Waals surface area contributed by atoms with Gasteiger partial charge in [0.15, 0.2) is 5.69 Å². The fourth-order valence-corrected chi connectivity index (χ4v) is 5.18. The lowest BCUT2D eigenvalue weighted by molar-refractivity contribution is -0.142. The predicted octanol–water partition coefficient (Wildman–Crippen LogP) is 4.83. The van der Waals surface area contributed by atoms with Gasteiger partial charge in [0.2, 0.25) is 0 Å². The van der Waals surface area contributed by atoms with Crippen LogP contribution in [0.4, 0.5) is 34.6 Å². The number of aromatic nitrogens is 2. The van der Waals surface area contributed by atoms with E-state index in [4.69, 9.17) is 0 Å². The predicted molar refractivity (Wildman–Crippen MR) is 153 cm³/mol. The van der Waals surface area contributed by atoms with E-state index in [0.29, 0.717) is 29.8 Å². The highest BCUT2D eigenvalue weighted by Crippen LogP contribution is 2.32. The first-order chi connectivity index (χ1) is 20.9. The molecule has 1 unspecified atom stereocenters. The van der Waals surface area contributed by atoms with E-state index < -0.39 is 48.8 Å². The van der Waals surface area contributed by atoms with E-state index in [-0.39, 0.29) is 45.6 Å². The van der Waals surface area contributed by atoms with Crippen LogP contribution in [0.1, 0.15) is 39.3 Å². The van der Waals surface area contributed by atoms with Crippen LogP contribution in [-0.2, 0) is 17.8 Å². The number of nitrogens with zero attached hydrogens (tertiary/aromatic N) is 3. The highest BCUT2D eigenvalue weighted by atomic mass is 19.4. The Kier molecular flexibility index (Phi) is 8.54. The van der Waals surface area contributed by atoms with Gasteiger partial charge in [0.05, 0.1) is 29.4 Å². The molecule has 2 amide bonds. The maximum absolute atomic E-state index is 13.8. The molecule has 0 saturated carbocycles. The van der Waals surface area contributed by atoms with Gasteiger partial charge in [-0.15, -0.1) is 0 Å². The number of fused-ring (bicyclic) bond motifs is 1. The molecule has 0 bridgehead atoms. The van der Waals surface area contributed by atoms with Crippen molar-refractivity contribution in [2.45, 2.75) is 38.1 Å². The smallest absolute Gasteiger partial charge is 0.408 e. The molecule has 0 aliphatic carbocycles. The van der Waals surface area contributed by atoms with Gasteiger partial charge in [-0.1, -0.05) is 18.2 Å². The number of aliphatic hydroxyl groups excluding tert-OH is 1. The second-order valence-electron chi connectivity index (χ2n) is 10.4. The number of nitrogens with one attached hydrogen (secondary N) is 2. The zero-order valence-electron chi connectivity index (χ0n) is 23.1. The van der Waals surface area contributed by atoms with Crippen molar-refractivity contribution in [2.75, 3.05) is 28.6 Å². The highest BCUT2D eigenvalue weighted by Gasteiger charge is 2.31. The molecule has 1 aliphatic heterocycles. The molecule has 4 aromatic rings. The summed E-state index contributed by atoms with van der Waals surface area (Å²) in [4.78, 5) is 39.9. The quantitative estimate of drug-likeness (QED) is 0.209. The number of anilines is 3. The molecule has 1 saturated heterocycles. The van der Waals surface area contributed by atoms with E-state index >= 15 is 0 Å². The minimum atomic E-state index is -4.58. The number of rotatable bonds is 8. The Morgan fingerprint density at radius 1 is 0.977 bits per heavy atom. The van der Waals surface area contributed by atoms with E-state index in [1.165, 1.54) is 36.4 Å². The van der Waals surface area contributed by atoms with Gasteiger partial charge in [-0.2, -0.15) is 18.3 Å². The summed E-state index contributed by atoms with van der Waals surface area (Å²) in [6, 6.07) is 13.7. The number of hydrogen-bond acceptors (Lipinski definition) is 6. The molecular formula is C30H27F4N5O5. The summed E-state index contributed by atoms with van der Waals surface area (Å²) < 4.78 is 54.2. The molecule has 0 spiro atoms. The van der Waals surface area contributed by atoms with Gasteiger partial charge >= 0.3 is 12.1 Å². The molecule has 2 heterocycles. The lowest BCUT2D eigenvalue weighted by Crippen LogP contribution is -2.38. The number of halogens is 4. The van der Waals surface area contributed by atoms with Crippen molar-refractivity contribution >= 4 is 45.7 Å². The molecule has 1 fully saturated rings. The molecule has 1 aromatic heterocycles.